The maximum atomic E-state index is 14.2. The third kappa shape index (κ3) is 5.02. The maximum absolute atomic E-state index is 14.2. The Morgan fingerprint density at radius 1 is 1.27 bits per heavy atom. The number of carbonyl (C=O) groups is 2. The third-order valence-corrected chi connectivity index (χ3v) is 7.54. The van der Waals surface area contributed by atoms with Gasteiger partial charge in [0.05, 0.1) is 12.6 Å². The Balaban J connectivity index is 1.60. The lowest BCUT2D eigenvalue weighted by Gasteiger charge is -2.35. The van der Waals surface area contributed by atoms with Crippen LogP contribution >= 0.6 is 0 Å². The predicted molar refractivity (Wildman–Crippen MR) is 139 cm³/mol. The van der Waals surface area contributed by atoms with E-state index in [1.165, 1.54) is 9.80 Å². The lowest BCUT2D eigenvalue weighted by atomic mass is 9.94. The zero-order chi connectivity index (χ0) is 25.9. The molecule has 192 valence electrons. The van der Waals surface area contributed by atoms with Crippen LogP contribution in [0.3, 0.4) is 0 Å². The minimum Gasteiger partial charge on any atom is -0.391 e. The lowest BCUT2D eigenvalue weighted by molar-refractivity contribution is -0.128. The number of aromatic amines is 1. The highest BCUT2D eigenvalue weighted by Gasteiger charge is 2.43. The van der Waals surface area contributed by atoms with Crippen LogP contribution in [-0.4, -0.2) is 56.5 Å². The van der Waals surface area contributed by atoms with Crippen LogP contribution in [0, 0.1) is 18.4 Å². The number of carbonyl (C=O) groups excluding carboxylic acids is 2. The number of aromatic nitrogens is 2. The fraction of sp³-hybridized carbons (Fsp3) is 0.429. The van der Waals surface area contributed by atoms with Gasteiger partial charge in [-0.1, -0.05) is 31.4 Å². The molecule has 1 aliphatic heterocycles. The number of pyridine rings is 1. The van der Waals surface area contributed by atoms with E-state index >= 15 is 0 Å². The molecule has 3 heterocycles. The number of fused-ring (bicyclic) bond motifs is 1. The molecule has 1 saturated carbocycles. The Hall–Kier alpha value is -3.90. The summed E-state index contributed by atoms with van der Waals surface area (Å²) in [7, 11) is 0. The number of benzene rings is 1. The van der Waals surface area contributed by atoms with Crippen molar-refractivity contribution < 1.29 is 14.7 Å². The van der Waals surface area contributed by atoms with Gasteiger partial charge in [0.1, 0.15) is 12.1 Å². The van der Waals surface area contributed by atoms with Crippen LogP contribution in [0.4, 0.5) is 5.69 Å². The van der Waals surface area contributed by atoms with Crippen molar-refractivity contribution in [1.82, 2.24) is 20.2 Å². The minimum absolute atomic E-state index is 0.0508. The molecule has 3 atom stereocenters. The van der Waals surface area contributed by atoms with E-state index in [4.69, 9.17) is 0 Å². The van der Waals surface area contributed by atoms with Crippen LogP contribution in [0.2, 0.25) is 0 Å². The van der Waals surface area contributed by atoms with Crippen molar-refractivity contribution in [2.75, 3.05) is 11.4 Å². The molecule has 3 unspecified atom stereocenters. The highest BCUT2D eigenvalue weighted by atomic mass is 16.3. The van der Waals surface area contributed by atoms with E-state index in [1.54, 1.807) is 24.5 Å². The van der Waals surface area contributed by atoms with Gasteiger partial charge in [-0.3, -0.25) is 24.4 Å². The second-order valence-corrected chi connectivity index (χ2v) is 10.1. The van der Waals surface area contributed by atoms with E-state index in [-0.39, 0.29) is 24.9 Å². The minimum atomic E-state index is -0.991. The molecule has 5 rings (SSSR count). The molecule has 1 aromatic carbocycles. The predicted octanol–water partition coefficient (Wildman–Crippen LogP) is 3.31. The Bertz CT molecular complexity index is 1310. The topological polar surface area (TPSA) is 125 Å². The number of hydrogen-bond acceptors (Lipinski definition) is 6. The third-order valence-electron chi connectivity index (χ3n) is 7.54. The number of H-pyrrole nitrogens is 1. The summed E-state index contributed by atoms with van der Waals surface area (Å²) in [5.41, 5.74) is 3.03. The number of nitriles is 1. The molecular weight excluding hydrogens is 468 g/mol. The molecule has 0 bridgehead atoms. The Morgan fingerprint density at radius 3 is 2.81 bits per heavy atom. The van der Waals surface area contributed by atoms with Gasteiger partial charge >= 0.3 is 0 Å². The van der Waals surface area contributed by atoms with E-state index in [9.17, 15) is 20.0 Å². The number of rotatable bonds is 6. The van der Waals surface area contributed by atoms with Gasteiger partial charge in [0.25, 0.3) is 5.91 Å². The van der Waals surface area contributed by atoms with Crippen molar-refractivity contribution in [2.45, 2.75) is 69.7 Å². The number of hydrogen-bond donors (Lipinski definition) is 3. The Labute approximate surface area is 216 Å². The summed E-state index contributed by atoms with van der Waals surface area (Å²) < 4.78 is 0. The normalized spacial score (nSPS) is 20.9. The summed E-state index contributed by atoms with van der Waals surface area (Å²) in [5, 5.41) is 24.2. The van der Waals surface area contributed by atoms with Crippen LogP contribution in [0.25, 0.3) is 10.9 Å². The number of aliphatic hydroxyl groups is 1. The number of nitrogens with zero attached hydrogens (tertiary/aromatic N) is 4. The van der Waals surface area contributed by atoms with Crippen molar-refractivity contribution in [2.24, 2.45) is 0 Å². The smallest absolute Gasteiger partial charge is 0.251 e. The highest BCUT2D eigenvalue weighted by Crippen LogP contribution is 2.34. The lowest BCUT2D eigenvalue weighted by Crippen LogP contribution is -2.51. The summed E-state index contributed by atoms with van der Waals surface area (Å²) >= 11 is 0. The maximum Gasteiger partial charge on any atom is 0.251 e. The van der Waals surface area contributed by atoms with Gasteiger partial charge in [0.2, 0.25) is 5.91 Å². The van der Waals surface area contributed by atoms with Gasteiger partial charge < -0.3 is 15.4 Å². The zero-order valence-electron chi connectivity index (χ0n) is 20.9. The van der Waals surface area contributed by atoms with E-state index < -0.39 is 24.1 Å². The van der Waals surface area contributed by atoms with Crippen molar-refractivity contribution in [3.05, 3.63) is 60.0 Å². The van der Waals surface area contributed by atoms with Crippen molar-refractivity contribution in [3.63, 3.8) is 0 Å². The first-order valence-electron chi connectivity index (χ1n) is 12.9. The number of amides is 2. The fourth-order valence-electron chi connectivity index (χ4n) is 5.61. The van der Waals surface area contributed by atoms with Gasteiger partial charge in [-0.05, 0) is 43.5 Å². The van der Waals surface area contributed by atoms with Gasteiger partial charge in [-0.25, -0.2) is 0 Å². The van der Waals surface area contributed by atoms with Crippen LogP contribution in [0.1, 0.15) is 55.7 Å². The number of likely N-dealkylation sites (tertiary alicyclic amines) is 1. The summed E-state index contributed by atoms with van der Waals surface area (Å²) in [6.45, 7) is 2.09. The van der Waals surface area contributed by atoms with Gasteiger partial charge in [0, 0.05) is 53.2 Å². The van der Waals surface area contributed by atoms with Crippen molar-refractivity contribution >= 4 is 28.4 Å². The molecule has 3 aromatic rings. The molecule has 0 spiro atoms. The first-order valence-corrected chi connectivity index (χ1v) is 12.9. The first-order chi connectivity index (χ1) is 18.0. The number of aryl methyl sites for hydroxylation is 1. The van der Waals surface area contributed by atoms with Crippen molar-refractivity contribution in [3.8, 4) is 6.19 Å². The van der Waals surface area contributed by atoms with E-state index in [0.717, 1.165) is 48.6 Å². The van der Waals surface area contributed by atoms with Crippen LogP contribution < -0.4 is 10.2 Å². The first kappa shape index (κ1) is 24.8. The molecule has 2 aliphatic rings. The summed E-state index contributed by atoms with van der Waals surface area (Å²) in [6, 6.07) is 7.35. The number of β-amino-alcohol motifs (C(OH)–C–C–N with tert-alkyl or cyclic N) is 1. The van der Waals surface area contributed by atoms with Crippen molar-refractivity contribution in [1.29, 1.82) is 5.26 Å². The Morgan fingerprint density at radius 2 is 2.08 bits per heavy atom. The molecule has 0 radical (unpaired) electrons. The average Bonchev–Trinajstić information content (AvgIpc) is 3.49. The highest BCUT2D eigenvalue weighted by molar-refractivity contribution is 6.05. The number of nitrogens with one attached hydrogen (secondary N) is 2. The van der Waals surface area contributed by atoms with E-state index in [2.05, 4.69) is 15.3 Å². The quantitative estimate of drug-likeness (QED) is 0.446. The second-order valence-electron chi connectivity index (χ2n) is 10.1. The Kier molecular flexibility index (Phi) is 7.10. The van der Waals surface area contributed by atoms with Gasteiger partial charge in [-0.15, -0.1) is 0 Å². The molecule has 2 fully saturated rings. The SMILES string of the molecule is Cc1c[nH]c2cc(N(C(=O)C3CC(O)CN3C#N)C(C(=O)NC3CCCCC3)c3cccnc3)ccc12. The molecule has 9 heteroatoms. The standard InChI is InChI=1S/C28H32N6O3/c1-18-14-31-24-12-21(9-10-23(18)24)34(28(37)25-13-22(35)16-33(25)17-29)26(19-6-5-11-30-15-19)27(36)32-20-7-3-2-4-8-20/h5-6,9-12,14-15,20,22,25-26,31,35H,2-4,7-8,13,16H2,1H3,(H,32,36). The van der Waals surface area contributed by atoms with E-state index in [1.807, 2.05) is 37.5 Å². The van der Waals surface area contributed by atoms with Gasteiger partial charge in [0.15, 0.2) is 6.19 Å². The fourth-order valence-corrected chi connectivity index (χ4v) is 5.61. The number of anilines is 1. The monoisotopic (exact) mass is 500 g/mol. The van der Waals surface area contributed by atoms with Crippen LogP contribution in [0.5, 0.6) is 0 Å². The largest absolute Gasteiger partial charge is 0.391 e. The molecule has 1 saturated heterocycles. The second kappa shape index (κ2) is 10.6. The molecule has 9 nitrogen and oxygen atoms in total. The zero-order valence-corrected chi connectivity index (χ0v) is 20.9. The van der Waals surface area contributed by atoms with E-state index in [0.29, 0.717) is 11.3 Å². The molecule has 1 aliphatic carbocycles. The molecule has 2 amide bonds. The van der Waals surface area contributed by atoms with Gasteiger partial charge in [-0.2, -0.15) is 5.26 Å². The summed E-state index contributed by atoms with van der Waals surface area (Å²) in [6.07, 6.45) is 11.6. The molecule has 3 N–H and O–H groups in total. The summed E-state index contributed by atoms with van der Waals surface area (Å²) in [5.74, 6) is -0.688. The van der Waals surface area contributed by atoms with Crippen LogP contribution in [-0.2, 0) is 9.59 Å². The molecule has 37 heavy (non-hydrogen) atoms. The van der Waals surface area contributed by atoms with Crippen LogP contribution in [0.15, 0.2) is 48.9 Å². The number of aliphatic hydroxyl groups excluding tert-OH is 1. The summed E-state index contributed by atoms with van der Waals surface area (Å²) in [4.78, 5) is 38.4. The molecule has 2 aromatic heterocycles. The average molecular weight is 501 g/mol. The molecular formula is C28H32N6O3.